The minimum Gasteiger partial charge on any atom is -0.207 e. The van der Waals surface area contributed by atoms with E-state index in [1.54, 1.807) is 6.07 Å². The molecule has 0 radical (unpaired) electrons. The first kappa shape index (κ1) is 9.45. The van der Waals surface area contributed by atoms with E-state index in [2.05, 4.69) is 13.0 Å². The fourth-order valence-corrected chi connectivity index (χ4v) is 1.97. The van der Waals surface area contributed by atoms with Crippen LogP contribution in [0.1, 0.15) is 37.9 Å². The molecule has 1 aromatic carbocycles. The molecule has 2 rings (SSSR count). The number of rotatable bonds is 1. The van der Waals surface area contributed by atoms with Crippen molar-refractivity contribution in [3.8, 4) is 0 Å². The minimum absolute atomic E-state index is 0. The number of allylic oxidation sites excluding steroid dienone is 1. The highest BCUT2D eigenvalue weighted by Gasteiger charge is 2.11. The maximum atomic E-state index is 13.3. The Morgan fingerprint density at radius 1 is 1.36 bits per heavy atom. The van der Waals surface area contributed by atoms with E-state index in [1.165, 1.54) is 11.1 Å². The molecule has 0 saturated heterocycles. The van der Waals surface area contributed by atoms with Crippen LogP contribution in [0.25, 0.3) is 6.08 Å². The van der Waals surface area contributed by atoms with Crippen molar-refractivity contribution >= 4 is 6.08 Å². The normalized spacial score (nSPS) is 14.9. The lowest BCUT2D eigenvalue weighted by molar-refractivity contribution is 0.616. The van der Waals surface area contributed by atoms with Crippen LogP contribution >= 0.6 is 0 Å². The van der Waals surface area contributed by atoms with Crippen molar-refractivity contribution in [2.75, 3.05) is 0 Å². The number of hydrogen-bond acceptors (Lipinski definition) is 0. The summed E-state index contributed by atoms with van der Waals surface area (Å²) in [5.41, 5.74) is 4.56. The van der Waals surface area contributed by atoms with Gasteiger partial charge in [0.2, 0.25) is 0 Å². The highest BCUT2D eigenvalue weighted by atomic mass is 19.1. The largest absolute Gasteiger partial charge is 0.207 e. The zero-order valence-electron chi connectivity index (χ0n) is 8.73. The van der Waals surface area contributed by atoms with Gasteiger partial charge in [-0.1, -0.05) is 24.6 Å². The molecule has 0 saturated carbocycles. The molecule has 76 valence electrons. The van der Waals surface area contributed by atoms with Gasteiger partial charge < -0.3 is 0 Å². The Balaban J connectivity index is 0.00000112. The number of fused-ring (bicyclic) bond motifs is 1. The molecule has 0 aliphatic heterocycles. The second-order valence-corrected chi connectivity index (χ2v) is 3.96. The van der Waals surface area contributed by atoms with Crippen LogP contribution in [0.3, 0.4) is 0 Å². The van der Waals surface area contributed by atoms with Crippen LogP contribution in [-0.4, -0.2) is 0 Å². The van der Waals surface area contributed by atoms with Gasteiger partial charge in [-0.25, -0.2) is 4.39 Å². The summed E-state index contributed by atoms with van der Waals surface area (Å²) in [7, 11) is 0. The van der Waals surface area contributed by atoms with E-state index in [-0.39, 0.29) is 7.24 Å². The molecule has 0 bridgehead atoms. The van der Waals surface area contributed by atoms with Crippen molar-refractivity contribution in [3.63, 3.8) is 0 Å². The fraction of sp³-hybridized carbons (Fsp3) is 0.385. The van der Waals surface area contributed by atoms with Gasteiger partial charge >= 0.3 is 0 Å². The first-order valence-electron chi connectivity index (χ1n) is 5.19. The number of aryl methyl sites for hydroxylation is 2. The second-order valence-electron chi connectivity index (χ2n) is 3.96. The SMILES string of the molecule is CCC1=Cc2cc(F)c(C)cc2CC1.[HH]. The smallest absolute Gasteiger partial charge is 0.126 e. The third-order valence-electron chi connectivity index (χ3n) is 2.95. The highest BCUT2D eigenvalue weighted by Crippen LogP contribution is 2.27. The predicted molar refractivity (Wildman–Crippen MR) is 59.8 cm³/mol. The van der Waals surface area contributed by atoms with Crippen LogP contribution in [0.15, 0.2) is 17.7 Å². The van der Waals surface area contributed by atoms with Crippen LogP contribution in [0.2, 0.25) is 0 Å². The molecule has 1 aromatic rings. The number of hydrogen-bond donors (Lipinski definition) is 0. The van der Waals surface area contributed by atoms with Gasteiger partial charge in [0.15, 0.2) is 0 Å². The average Bonchev–Trinajstić information content (AvgIpc) is 2.19. The molecule has 0 N–H and O–H groups in total. The molecule has 0 spiro atoms. The van der Waals surface area contributed by atoms with Crippen LogP contribution < -0.4 is 0 Å². The minimum atomic E-state index is -0.0858. The third kappa shape index (κ3) is 1.59. The Morgan fingerprint density at radius 3 is 2.86 bits per heavy atom. The van der Waals surface area contributed by atoms with E-state index < -0.39 is 0 Å². The van der Waals surface area contributed by atoms with Gasteiger partial charge in [-0.2, -0.15) is 0 Å². The molecule has 1 heteroatoms. The molecule has 1 aliphatic carbocycles. The number of halogens is 1. The van der Waals surface area contributed by atoms with Crippen molar-refractivity contribution in [1.29, 1.82) is 0 Å². The molecule has 0 fully saturated rings. The fourth-order valence-electron chi connectivity index (χ4n) is 1.97. The molecule has 0 heterocycles. The first-order valence-corrected chi connectivity index (χ1v) is 5.19. The number of benzene rings is 1. The third-order valence-corrected chi connectivity index (χ3v) is 2.95. The Morgan fingerprint density at radius 2 is 2.14 bits per heavy atom. The zero-order valence-corrected chi connectivity index (χ0v) is 8.73. The van der Waals surface area contributed by atoms with E-state index in [0.29, 0.717) is 0 Å². The first-order chi connectivity index (χ1) is 6.70. The van der Waals surface area contributed by atoms with E-state index in [4.69, 9.17) is 0 Å². The lowest BCUT2D eigenvalue weighted by Crippen LogP contribution is -2.00. The Labute approximate surface area is 85.9 Å². The summed E-state index contributed by atoms with van der Waals surface area (Å²) < 4.78 is 13.3. The van der Waals surface area contributed by atoms with Gasteiger partial charge in [0, 0.05) is 1.43 Å². The molecule has 0 amide bonds. The van der Waals surface area contributed by atoms with Crippen LogP contribution in [-0.2, 0) is 6.42 Å². The zero-order chi connectivity index (χ0) is 10.1. The molecule has 0 nitrogen and oxygen atoms in total. The van der Waals surface area contributed by atoms with Gasteiger partial charge in [-0.3, -0.25) is 0 Å². The molecule has 14 heavy (non-hydrogen) atoms. The van der Waals surface area contributed by atoms with Crippen molar-refractivity contribution in [1.82, 2.24) is 0 Å². The summed E-state index contributed by atoms with van der Waals surface area (Å²) in [6.07, 6.45) is 5.42. The van der Waals surface area contributed by atoms with Gasteiger partial charge in [-0.05, 0) is 48.9 Å². The van der Waals surface area contributed by atoms with E-state index in [0.717, 1.165) is 30.4 Å². The Kier molecular flexibility index (Phi) is 2.40. The maximum Gasteiger partial charge on any atom is 0.126 e. The monoisotopic (exact) mass is 192 g/mol. The summed E-state index contributed by atoms with van der Waals surface area (Å²) in [6.45, 7) is 3.98. The Bertz CT molecular complexity index is 394. The Hall–Kier alpha value is -1.11. The van der Waals surface area contributed by atoms with Gasteiger partial charge in [0.25, 0.3) is 0 Å². The predicted octanol–water partition coefficient (Wildman–Crippen LogP) is 4.12. The molecule has 1 aliphatic rings. The summed E-state index contributed by atoms with van der Waals surface area (Å²) in [5, 5.41) is 0. The van der Waals surface area contributed by atoms with E-state index in [9.17, 15) is 4.39 Å². The second kappa shape index (κ2) is 3.56. The van der Waals surface area contributed by atoms with Gasteiger partial charge in [0.05, 0.1) is 0 Å². The average molecular weight is 192 g/mol. The molecular weight excluding hydrogens is 175 g/mol. The lowest BCUT2D eigenvalue weighted by atomic mass is 9.90. The van der Waals surface area contributed by atoms with Gasteiger partial charge in [-0.15, -0.1) is 0 Å². The summed E-state index contributed by atoms with van der Waals surface area (Å²) >= 11 is 0. The lowest BCUT2D eigenvalue weighted by Gasteiger charge is -2.16. The van der Waals surface area contributed by atoms with E-state index >= 15 is 0 Å². The summed E-state index contributed by atoms with van der Waals surface area (Å²) in [4.78, 5) is 0. The highest BCUT2D eigenvalue weighted by molar-refractivity contribution is 5.60. The van der Waals surface area contributed by atoms with E-state index in [1.807, 2.05) is 13.0 Å². The van der Waals surface area contributed by atoms with Crippen molar-refractivity contribution < 1.29 is 5.82 Å². The summed E-state index contributed by atoms with van der Waals surface area (Å²) in [6, 6.07) is 3.65. The molecular formula is C13H17F. The molecule has 0 atom stereocenters. The van der Waals surface area contributed by atoms with Crippen LogP contribution in [0, 0.1) is 12.7 Å². The summed E-state index contributed by atoms with van der Waals surface area (Å²) in [5.74, 6) is -0.0858. The van der Waals surface area contributed by atoms with Crippen molar-refractivity contribution in [2.45, 2.75) is 33.1 Å². The van der Waals surface area contributed by atoms with Crippen molar-refractivity contribution in [2.24, 2.45) is 0 Å². The van der Waals surface area contributed by atoms with Crippen LogP contribution in [0.4, 0.5) is 4.39 Å². The van der Waals surface area contributed by atoms with Crippen molar-refractivity contribution in [3.05, 3.63) is 40.2 Å². The molecule has 0 aromatic heterocycles. The van der Waals surface area contributed by atoms with Crippen LogP contribution in [0.5, 0.6) is 0 Å². The quantitative estimate of drug-likeness (QED) is 0.628. The maximum absolute atomic E-state index is 13.3. The molecule has 0 unspecified atom stereocenters. The topological polar surface area (TPSA) is 0 Å². The van der Waals surface area contributed by atoms with Gasteiger partial charge in [0.1, 0.15) is 5.82 Å². The standard InChI is InChI=1S/C13H15F.H2/c1-3-10-4-5-11-6-9(2)13(14)8-12(11)7-10;/h6-8H,3-5H2,1-2H3;1H.